The fourth-order valence-corrected chi connectivity index (χ4v) is 3.16. The van der Waals surface area contributed by atoms with E-state index in [1.165, 1.54) is 24.3 Å². The van der Waals surface area contributed by atoms with E-state index in [1.54, 1.807) is 0 Å². The lowest BCUT2D eigenvalue weighted by atomic mass is 10.0. The van der Waals surface area contributed by atoms with Gasteiger partial charge in [0.15, 0.2) is 0 Å². The smallest absolute Gasteiger partial charge is 0.313 e. The number of oxime groups is 1. The quantitative estimate of drug-likeness (QED) is 0.486. The van der Waals surface area contributed by atoms with E-state index in [-0.39, 0.29) is 11.3 Å². The number of nitrogens with zero attached hydrogens (tertiary/aromatic N) is 3. The second-order valence-corrected chi connectivity index (χ2v) is 5.80. The van der Waals surface area contributed by atoms with Gasteiger partial charge in [-0.05, 0) is 32.0 Å². The minimum Gasteiger partial charge on any atom is -0.313 e. The normalized spacial score (nSPS) is 24.1. The van der Waals surface area contributed by atoms with E-state index in [0.29, 0.717) is 12.1 Å². The van der Waals surface area contributed by atoms with Gasteiger partial charge in [0.2, 0.25) is 0 Å². The van der Waals surface area contributed by atoms with Crippen LogP contribution in [0.4, 0.5) is 5.69 Å². The summed E-state index contributed by atoms with van der Waals surface area (Å²) in [6.45, 7) is 0. The fraction of sp³-hybridized carbons (Fsp3) is 0.467. The van der Waals surface area contributed by atoms with Crippen LogP contribution in [0.3, 0.4) is 0 Å². The van der Waals surface area contributed by atoms with Crippen molar-refractivity contribution in [3.05, 3.63) is 39.9 Å². The van der Waals surface area contributed by atoms with Crippen LogP contribution in [0, 0.1) is 10.1 Å². The molecule has 2 heterocycles. The second kappa shape index (κ2) is 5.84. The van der Waals surface area contributed by atoms with E-state index in [4.69, 9.17) is 4.84 Å². The molecule has 0 N–H and O–H groups in total. The van der Waals surface area contributed by atoms with Crippen LogP contribution in [-0.2, 0) is 4.84 Å². The minimum atomic E-state index is -0.589. The van der Waals surface area contributed by atoms with E-state index in [1.807, 2.05) is 0 Å². The zero-order chi connectivity index (χ0) is 15.7. The summed E-state index contributed by atoms with van der Waals surface area (Å²) in [4.78, 5) is 29.3. The first kappa shape index (κ1) is 14.6. The lowest BCUT2D eigenvalue weighted by molar-refractivity contribution is -0.384. The number of non-ortho nitro benzene ring substituents is 1. The average Bonchev–Trinajstić information content (AvgIpc) is 2.75. The molecule has 2 saturated heterocycles. The van der Waals surface area contributed by atoms with E-state index < -0.39 is 10.9 Å². The van der Waals surface area contributed by atoms with E-state index in [0.717, 1.165) is 31.4 Å². The van der Waals surface area contributed by atoms with Crippen LogP contribution in [0.1, 0.15) is 36.0 Å². The highest BCUT2D eigenvalue weighted by molar-refractivity contribution is 5.91. The van der Waals surface area contributed by atoms with Gasteiger partial charge in [-0.15, -0.1) is 0 Å². The number of fused-ring (bicyclic) bond motifs is 2. The van der Waals surface area contributed by atoms with Gasteiger partial charge in [0, 0.05) is 37.1 Å². The number of benzene rings is 1. The summed E-state index contributed by atoms with van der Waals surface area (Å²) in [7, 11) is 2.13. The third kappa shape index (κ3) is 2.85. The second-order valence-electron chi connectivity index (χ2n) is 5.80. The van der Waals surface area contributed by atoms with Gasteiger partial charge in [0.05, 0.1) is 16.2 Å². The Labute approximate surface area is 127 Å². The number of carbonyl (C=O) groups excluding carboxylic acids is 1. The van der Waals surface area contributed by atoms with Crippen molar-refractivity contribution >= 4 is 17.4 Å². The Balaban J connectivity index is 1.62. The Morgan fingerprint density at radius 1 is 1.27 bits per heavy atom. The van der Waals surface area contributed by atoms with Gasteiger partial charge in [-0.25, -0.2) is 4.79 Å². The third-order valence-electron chi connectivity index (χ3n) is 4.50. The summed E-state index contributed by atoms with van der Waals surface area (Å²) in [6.07, 6.45) is 3.99. The number of carbonyl (C=O) groups is 1. The lowest BCUT2D eigenvalue weighted by Gasteiger charge is -2.31. The molecule has 2 aliphatic rings. The number of nitro groups is 1. The summed E-state index contributed by atoms with van der Waals surface area (Å²) in [5, 5.41) is 14.6. The Kier molecular flexibility index (Phi) is 3.89. The van der Waals surface area contributed by atoms with Crippen LogP contribution in [-0.4, -0.2) is 40.6 Å². The maximum absolute atomic E-state index is 11.9. The molecule has 116 valence electrons. The molecule has 3 rings (SSSR count). The topological polar surface area (TPSA) is 85.0 Å². The monoisotopic (exact) mass is 303 g/mol. The molecule has 0 radical (unpaired) electrons. The maximum atomic E-state index is 11.9. The molecule has 0 saturated carbocycles. The van der Waals surface area contributed by atoms with Gasteiger partial charge in [-0.1, -0.05) is 5.16 Å². The molecule has 2 aliphatic heterocycles. The van der Waals surface area contributed by atoms with Crippen molar-refractivity contribution in [2.24, 2.45) is 5.16 Å². The average molecular weight is 303 g/mol. The standard InChI is InChI=1S/C15H17N3O4/c1-17-13-6-7-14(17)9-11(8-13)16-22-15(19)10-2-4-12(5-3-10)18(20)21/h2-5,13-14H,6-9H2,1H3/t13-,14-/m0/s1. The molecule has 2 bridgehead atoms. The predicted molar refractivity (Wildman–Crippen MR) is 79.8 cm³/mol. The fourth-order valence-electron chi connectivity index (χ4n) is 3.16. The molecule has 0 aromatic heterocycles. The molecule has 7 heteroatoms. The number of hydrogen-bond donors (Lipinski definition) is 0. The van der Waals surface area contributed by atoms with Crippen molar-refractivity contribution in [2.75, 3.05) is 7.05 Å². The van der Waals surface area contributed by atoms with Crippen LogP contribution in [0.5, 0.6) is 0 Å². The zero-order valence-electron chi connectivity index (χ0n) is 12.3. The molecule has 7 nitrogen and oxygen atoms in total. The number of rotatable bonds is 3. The minimum absolute atomic E-state index is 0.0604. The molecule has 1 aromatic carbocycles. The van der Waals surface area contributed by atoms with Gasteiger partial charge in [0.1, 0.15) is 0 Å². The molecule has 0 aliphatic carbocycles. The molecule has 2 fully saturated rings. The Bertz CT molecular complexity index is 610. The van der Waals surface area contributed by atoms with Crippen molar-refractivity contribution in [1.82, 2.24) is 4.90 Å². The highest BCUT2D eigenvalue weighted by atomic mass is 16.7. The lowest BCUT2D eigenvalue weighted by Crippen LogP contribution is -2.40. The van der Waals surface area contributed by atoms with Gasteiger partial charge < -0.3 is 4.84 Å². The van der Waals surface area contributed by atoms with Gasteiger partial charge in [-0.2, -0.15) is 0 Å². The Morgan fingerprint density at radius 3 is 2.41 bits per heavy atom. The molecule has 0 unspecified atom stereocenters. The van der Waals surface area contributed by atoms with Gasteiger partial charge in [-0.3, -0.25) is 15.0 Å². The third-order valence-corrected chi connectivity index (χ3v) is 4.50. The molecule has 22 heavy (non-hydrogen) atoms. The zero-order valence-corrected chi connectivity index (χ0v) is 12.3. The number of piperidine rings is 1. The Hall–Kier alpha value is -2.28. The first-order chi connectivity index (χ1) is 10.5. The van der Waals surface area contributed by atoms with Crippen LogP contribution >= 0.6 is 0 Å². The van der Waals surface area contributed by atoms with Crippen molar-refractivity contribution in [1.29, 1.82) is 0 Å². The van der Waals surface area contributed by atoms with Crippen LogP contribution in [0.2, 0.25) is 0 Å². The summed E-state index contributed by atoms with van der Waals surface area (Å²) < 4.78 is 0. The summed E-state index contributed by atoms with van der Waals surface area (Å²) in [6, 6.07) is 6.29. The largest absolute Gasteiger partial charge is 0.365 e. The molecule has 0 spiro atoms. The van der Waals surface area contributed by atoms with Crippen LogP contribution in [0.25, 0.3) is 0 Å². The first-order valence-electron chi connectivity index (χ1n) is 7.28. The highest BCUT2D eigenvalue weighted by Crippen LogP contribution is 2.32. The molecule has 1 aromatic rings. The van der Waals surface area contributed by atoms with E-state index >= 15 is 0 Å². The van der Waals surface area contributed by atoms with Gasteiger partial charge in [0.25, 0.3) is 5.69 Å². The molecular formula is C15H17N3O4. The maximum Gasteiger partial charge on any atom is 0.365 e. The summed E-state index contributed by atoms with van der Waals surface area (Å²) in [5.41, 5.74) is 1.11. The van der Waals surface area contributed by atoms with Crippen LogP contribution < -0.4 is 0 Å². The molecular weight excluding hydrogens is 286 g/mol. The molecule has 0 amide bonds. The van der Waals surface area contributed by atoms with Crippen molar-refractivity contribution < 1.29 is 14.6 Å². The Morgan fingerprint density at radius 2 is 1.86 bits per heavy atom. The molecule has 2 atom stereocenters. The van der Waals surface area contributed by atoms with Gasteiger partial charge >= 0.3 is 5.97 Å². The summed E-state index contributed by atoms with van der Waals surface area (Å²) in [5.74, 6) is -0.589. The van der Waals surface area contributed by atoms with Crippen LogP contribution in [0.15, 0.2) is 29.4 Å². The number of hydrogen-bond acceptors (Lipinski definition) is 6. The first-order valence-corrected chi connectivity index (χ1v) is 7.28. The predicted octanol–water partition coefficient (Wildman–Crippen LogP) is 2.36. The highest BCUT2D eigenvalue weighted by Gasteiger charge is 2.37. The van der Waals surface area contributed by atoms with E-state index in [9.17, 15) is 14.9 Å². The van der Waals surface area contributed by atoms with Crippen molar-refractivity contribution in [3.8, 4) is 0 Å². The number of nitro benzene ring substituents is 1. The SMILES string of the molecule is CN1[C@H]2CC[C@H]1CC(=NOC(=O)c1ccc([N+](=O)[O-])cc1)C2. The van der Waals surface area contributed by atoms with E-state index in [2.05, 4.69) is 17.1 Å². The summed E-state index contributed by atoms with van der Waals surface area (Å²) >= 11 is 0. The van der Waals surface area contributed by atoms with Crippen molar-refractivity contribution in [3.63, 3.8) is 0 Å². The van der Waals surface area contributed by atoms with Crippen molar-refractivity contribution in [2.45, 2.75) is 37.8 Å².